The number of anilines is 1. The van der Waals surface area contributed by atoms with Crippen molar-refractivity contribution in [1.29, 1.82) is 0 Å². The lowest BCUT2D eigenvalue weighted by atomic mass is 10.1. The van der Waals surface area contributed by atoms with E-state index in [9.17, 15) is 9.59 Å². The largest absolute Gasteiger partial charge is 0.379 e. The molecule has 1 aromatic heterocycles. The zero-order valence-electron chi connectivity index (χ0n) is 16.3. The summed E-state index contributed by atoms with van der Waals surface area (Å²) < 4.78 is 5.31. The molecule has 7 nitrogen and oxygen atoms in total. The molecule has 1 fully saturated rings. The highest BCUT2D eigenvalue weighted by molar-refractivity contribution is 6.05. The zero-order chi connectivity index (χ0) is 19.9. The summed E-state index contributed by atoms with van der Waals surface area (Å²) in [6, 6.07) is 7.30. The Morgan fingerprint density at radius 1 is 1.04 bits per heavy atom. The van der Waals surface area contributed by atoms with Crippen molar-refractivity contribution in [3.63, 3.8) is 0 Å². The molecule has 2 aromatic rings. The number of hydrogen-bond donors (Lipinski definition) is 2. The number of nitrogens with one attached hydrogen (secondary N) is 2. The average Bonchev–Trinajstić information content (AvgIpc) is 2.71. The summed E-state index contributed by atoms with van der Waals surface area (Å²) in [6.07, 6.45) is 2.93. The van der Waals surface area contributed by atoms with Crippen molar-refractivity contribution < 1.29 is 14.3 Å². The van der Waals surface area contributed by atoms with Crippen molar-refractivity contribution in [2.45, 2.75) is 13.8 Å². The Kier molecular flexibility index (Phi) is 6.73. The number of amides is 2. The second kappa shape index (κ2) is 9.43. The van der Waals surface area contributed by atoms with E-state index in [0.29, 0.717) is 23.4 Å². The fourth-order valence-corrected chi connectivity index (χ4v) is 2.97. The summed E-state index contributed by atoms with van der Waals surface area (Å²) in [6.45, 7) is 8.55. The molecular weight excluding hydrogens is 356 g/mol. The van der Waals surface area contributed by atoms with Crippen molar-refractivity contribution in [3.05, 3.63) is 58.9 Å². The minimum absolute atomic E-state index is 0.235. The third-order valence-electron chi connectivity index (χ3n) is 4.84. The summed E-state index contributed by atoms with van der Waals surface area (Å²) in [5.41, 5.74) is 3.70. The van der Waals surface area contributed by atoms with Crippen LogP contribution in [-0.4, -0.2) is 61.1 Å². The van der Waals surface area contributed by atoms with E-state index in [1.807, 2.05) is 32.0 Å². The average molecular weight is 382 g/mol. The Balaban J connectivity index is 1.56. The van der Waals surface area contributed by atoms with Gasteiger partial charge in [0.2, 0.25) is 0 Å². The number of ether oxygens (including phenoxy) is 1. The van der Waals surface area contributed by atoms with E-state index >= 15 is 0 Å². The molecule has 1 aliphatic heterocycles. The van der Waals surface area contributed by atoms with Gasteiger partial charge in [-0.15, -0.1) is 0 Å². The minimum Gasteiger partial charge on any atom is -0.379 e. The number of rotatable bonds is 6. The van der Waals surface area contributed by atoms with Crippen LogP contribution in [0.25, 0.3) is 0 Å². The van der Waals surface area contributed by atoms with Crippen molar-refractivity contribution in [2.75, 3.05) is 44.7 Å². The quantitative estimate of drug-likeness (QED) is 0.799. The van der Waals surface area contributed by atoms with Crippen LogP contribution < -0.4 is 10.6 Å². The van der Waals surface area contributed by atoms with E-state index in [0.717, 1.165) is 44.0 Å². The van der Waals surface area contributed by atoms with Gasteiger partial charge in [0.05, 0.1) is 24.3 Å². The lowest BCUT2D eigenvalue weighted by Crippen LogP contribution is -2.41. The molecule has 1 aromatic carbocycles. The lowest BCUT2D eigenvalue weighted by Gasteiger charge is -2.26. The second-order valence-corrected chi connectivity index (χ2v) is 6.93. The topological polar surface area (TPSA) is 83.6 Å². The van der Waals surface area contributed by atoms with Crippen molar-refractivity contribution >= 4 is 17.5 Å². The number of aryl methyl sites for hydroxylation is 2. The predicted octanol–water partition coefficient (Wildman–Crippen LogP) is 2.01. The summed E-state index contributed by atoms with van der Waals surface area (Å²) in [5, 5.41) is 5.73. The predicted molar refractivity (Wildman–Crippen MR) is 108 cm³/mol. The lowest BCUT2D eigenvalue weighted by molar-refractivity contribution is 0.0383. The summed E-state index contributed by atoms with van der Waals surface area (Å²) in [7, 11) is 0. The van der Waals surface area contributed by atoms with Gasteiger partial charge in [-0.1, -0.05) is 6.07 Å². The number of pyridine rings is 1. The molecule has 0 saturated carbocycles. The zero-order valence-corrected chi connectivity index (χ0v) is 16.3. The molecule has 0 radical (unpaired) electrons. The molecule has 0 bridgehead atoms. The van der Waals surface area contributed by atoms with Crippen molar-refractivity contribution in [3.8, 4) is 0 Å². The number of nitrogens with zero attached hydrogens (tertiary/aromatic N) is 2. The Labute approximate surface area is 165 Å². The van der Waals surface area contributed by atoms with Crippen LogP contribution in [0.15, 0.2) is 36.7 Å². The number of carbonyl (C=O) groups excluding carboxylic acids is 2. The number of morpholine rings is 1. The van der Waals surface area contributed by atoms with Gasteiger partial charge in [0.25, 0.3) is 11.8 Å². The van der Waals surface area contributed by atoms with Crippen LogP contribution in [0.3, 0.4) is 0 Å². The van der Waals surface area contributed by atoms with Crippen LogP contribution in [0, 0.1) is 13.8 Å². The molecule has 2 heterocycles. The van der Waals surface area contributed by atoms with Crippen LogP contribution in [0.4, 0.5) is 5.69 Å². The number of hydrogen-bond acceptors (Lipinski definition) is 5. The minimum atomic E-state index is -0.293. The first kappa shape index (κ1) is 20.0. The summed E-state index contributed by atoms with van der Waals surface area (Å²) in [4.78, 5) is 31.2. The smallest absolute Gasteiger partial charge is 0.257 e. The number of benzene rings is 1. The van der Waals surface area contributed by atoms with Crippen LogP contribution in [0.2, 0.25) is 0 Å². The fraction of sp³-hybridized carbons (Fsp3) is 0.381. The first-order valence-electron chi connectivity index (χ1n) is 9.45. The van der Waals surface area contributed by atoms with Gasteiger partial charge in [-0.2, -0.15) is 0 Å². The van der Waals surface area contributed by atoms with Gasteiger partial charge in [-0.3, -0.25) is 19.5 Å². The van der Waals surface area contributed by atoms with Gasteiger partial charge in [0.15, 0.2) is 0 Å². The van der Waals surface area contributed by atoms with E-state index in [4.69, 9.17) is 4.74 Å². The van der Waals surface area contributed by atoms with Gasteiger partial charge in [0.1, 0.15) is 0 Å². The maximum Gasteiger partial charge on any atom is 0.257 e. The maximum atomic E-state index is 12.5. The maximum absolute atomic E-state index is 12.5. The highest BCUT2D eigenvalue weighted by atomic mass is 16.5. The first-order valence-corrected chi connectivity index (χ1v) is 9.45. The second-order valence-electron chi connectivity index (χ2n) is 6.93. The van der Waals surface area contributed by atoms with Gasteiger partial charge in [-0.25, -0.2) is 0 Å². The normalized spacial score (nSPS) is 14.5. The Hall–Kier alpha value is -2.77. The molecule has 3 rings (SSSR count). The van der Waals surface area contributed by atoms with Crippen LogP contribution in [0.5, 0.6) is 0 Å². The first-order chi connectivity index (χ1) is 13.5. The molecule has 1 saturated heterocycles. The molecule has 148 valence electrons. The van der Waals surface area contributed by atoms with E-state index in [1.165, 1.54) is 12.4 Å². The molecule has 2 amide bonds. The Morgan fingerprint density at radius 3 is 2.46 bits per heavy atom. The van der Waals surface area contributed by atoms with Crippen LogP contribution >= 0.6 is 0 Å². The molecule has 0 atom stereocenters. The summed E-state index contributed by atoms with van der Waals surface area (Å²) in [5.74, 6) is -0.527. The van der Waals surface area contributed by atoms with Crippen LogP contribution in [-0.2, 0) is 4.74 Å². The van der Waals surface area contributed by atoms with Gasteiger partial charge in [-0.05, 0) is 43.2 Å². The standard InChI is InChI=1S/C21H26N4O3/c1-15-3-4-19(11-16(15)2)24-21(27)18-12-17(13-22-14-18)20(26)23-5-6-25-7-9-28-10-8-25/h3-4,11-14H,5-10H2,1-2H3,(H,23,26)(H,24,27). The molecule has 28 heavy (non-hydrogen) atoms. The van der Waals surface area contributed by atoms with E-state index in [2.05, 4.69) is 20.5 Å². The molecular formula is C21H26N4O3. The van der Waals surface area contributed by atoms with E-state index in [-0.39, 0.29) is 11.8 Å². The van der Waals surface area contributed by atoms with E-state index < -0.39 is 0 Å². The van der Waals surface area contributed by atoms with Gasteiger partial charge >= 0.3 is 0 Å². The highest BCUT2D eigenvalue weighted by Crippen LogP contribution is 2.15. The Bertz CT molecular complexity index is 847. The molecule has 1 aliphatic rings. The SMILES string of the molecule is Cc1ccc(NC(=O)c2cncc(C(=O)NCCN3CCOCC3)c2)cc1C. The fourth-order valence-electron chi connectivity index (χ4n) is 2.97. The van der Waals surface area contributed by atoms with Crippen LogP contribution in [0.1, 0.15) is 31.8 Å². The molecule has 2 N–H and O–H groups in total. The van der Waals surface area contributed by atoms with Gasteiger partial charge in [0, 0.05) is 44.3 Å². The van der Waals surface area contributed by atoms with Crippen molar-refractivity contribution in [1.82, 2.24) is 15.2 Å². The molecule has 7 heteroatoms. The molecule has 0 spiro atoms. The van der Waals surface area contributed by atoms with E-state index in [1.54, 1.807) is 6.07 Å². The third-order valence-corrected chi connectivity index (χ3v) is 4.84. The molecule has 0 unspecified atom stereocenters. The van der Waals surface area contributed by atoms with Crippen molar-refractivity contribution in [2.24, 2.45) is 0 Å². The number of aromatic nitrogens is 1. The molecule has 0 aliphatic carbocycles. The monoisotopic (exact) mass is 382 g/mol. The van der Waals surface area contributed by atoms with Gasteiger partial charge < -0.3 is 15.4 Å². The summed E-state index contributed by atoms with van der Waals surface area (Å²) >= 11 is 0. The highest BCUT2D eigenvalue weighted by Gasteiger charge is 2.13. The third kappa shape index (κ3) is 5.37. The number of carbonyl (C=O) groups is 2. The Morgan fingerprint density at radius 2 is 1.75 bits per heavy atom.